The third-order valence-corrected chi connectivity index (χ3v) is 5.42. The lowest BCUT2D eigenvalue weighted by Gasteiger charge is -2.37. The molecule has 2 aliphatic rings. The SMILES string of the molecule is CCC1COC(=O)N1C1CCN(C(=O)C=Cc2cccs2)CC1. The monoisotopic (exact) mass is 334 g/mol. The van der Waals surface area contributed by atoms with Gasteiger partial charge in [-0.15, -0.1) is 11.3 Å². The van der Waals surface area contributed by atoms with E-state index in [-0.39, 0.29) is 24.1 Å². The molecule has 0 saturated carbocycles. The summed E-state index contributed by atoms with van der Waals surface area (Å²) in [5, 5.41) is 1.99. The molecule has 0 bridgehead atoms. The highest BCUT2D eigenvalue weighted by molar-refractivity contribution is 7.10. The van der Waals surface area contributed by atoms with Crippen molar-refractivity contribution in [3.63, 3.8) is 0 Å². The van der Waals surface area contributed by atoms with Crippen LogP contribution in [0.5, 0.6) is 0 Å². The van der Waals surface area contributed by atoms with Crippen LogP contribution >= 0.6 is 11.3 Å². The lowest BCUT2D eigenvalue weighted by molar-refractivity contribution is -0.127. The number of carbonyl (C=O) groups is 2. The second kappa shape index (κ2) is 7.17. The van der Waals surface area contributed by atoms with Gasteiger partial charge in [-0.1, -0.05) is 13.0 Å². The second-order valence-electron chi connectivity index (χ2n) is 5.95. The van der Waals surface area contributed by atoms with Crippen molar-refractivity contribution < 1.29 is 14.3 Å². The lowest BCUT2D eigenvalue weighted by Crippen LogP contribution is -2.49. The van der Waals surface area contributed by atoms with Crippen molar-refractivity contribution >= 4 is 29.4 Å². The van der Waals surface area contributed by atoms with Crippen molar-refractivity contribution in [2.45, 2.75) is 38.3 Å². The van der Waals surface area contributed by atoms with Gasteiger partial charge in [0.05, 0.1) is 6.04 Å². The summed E-state index contributed by atoms with van der Waals surface area (Å²) in [5.41, 5.74) is 0. The first-order chi connectivity index (χ1) is 11.2. The summed E-state index contributed by atoms with van der Waals surface area (Å²) in [5.74, 6) is 0.0490. The molecule has 2 amide bonds. The lowest BCUT2D eigenvalue weighted by atomic mass is 10.0. The van der Waals surface area contributed by atoms with Crippen LogP contribution in [0.3, 0.4) is 0 Å². The van der Waals surface area contributed by atoms with E-state index in [1.807, 2.05) is 33.4 Å². The third-order valence-electron chi connectivity index (χ3n) is 4.58. The molecule has 0 radical (unpaired) electrons. The zero-order valence-electron chi connectivity index (χ0n) is 13.3. The average molecular weight is 334 g/mol. The molecule has 0 aliphatic carbocycles. The fourth-order valence-electron chi connectivity index (χ4n) is 3.24. The summed E-state index contributed by atoms with van der Waals surface area (Å²) in [6, 6.07) is 4.35. The molecule has 1 aromatic rings. The van der Waals surface area contributed by atoms with Gasteiger partial charge >= 0.3 is 6.09 Å². The number of hydrogen-bond donors (Lipinski definition) is 0. The van der Waals surface area contributed by atoms with Gasteiger partial charge < -0.3 is 9.64 Å². The highest BCUT2D eigenvalue weighted by atomic mass is 32.1. The molecule has 1 unspecified atom stereocenters. The van der Waals surface area contributed by atoms with Gasteiger partial charge in [0.15, 0.2) is 0 Å². The molecule has 0 aromatic carbocycles. The van der Waals surface area contributed by atoms with Crippen molar-refractivity contribution in [1.29, 1.82) is 0 Å². The fraction of sp³-hybridized carbons (Fsp3) is 0.529. The molecule has 1 atom stereocenters. The number of rotatable bonds is 4. The Morgan fingerprint density at radius 3 is 2.87 bits per heavy atom. The summed E-state index contributed by atoms with van der Waals surface area (Å²) in [4.78, 5) is 29.0. The smallest absolute Gasteiger partial charge is 0.410 e. The van der Waals surface area contributed by atoms with E-state index in [0.29, 0.717) is 19.7 Å². The Balaban J connectivity index is 1.54. The maximum atomic E-state index is 12.2. The van der Waals surface area contributed by atoms with E-state index in [1.54, 1.807) is 17.4 Å². The van der Waals surface area contributed by atoms with Gasteiger partial charge in [-0.25, -0.2) is 4.79 Å². The Hall–Kier alpha value is -1.82. The predicted molar refractivity (Wildman–Crippen MR) is 90.2 cm³/mol. The molecular weight excluding hydrogens is 312 g/mol. The van der Waals surface area contributed by atoms with Crippen LogP contribution in [-0.2, 0) is 9.53 Å². The van der Waals surface area contributed by atoms with E-state index in [0.717, 1.165) is 24.1 Å². The Bertz CT molecular complexity index is 577. The number of ether oxygens (including phenoxy) is 1. The Morgan fingerprint density at radius 1 is 1.43 bits per heavy atom. The van der Waals surface area contributed by atoms with Crippen LogP contribution in [-0.4, -0.2) is 53.6 Å². The van der Waals surface area contributed by atoms with Crippen LogP contribution < -0.4 is 0 Å². The number of likely N-dealkylation sites (tertiary alicyclic amines) is 1. The molecule has 2 saturated heterocycles. The third kappa shape index (κ3) is 3.58. The van der Waals surface area contributed by atoms with E-state index in [2.05, 4.69) is 6.92 Å². The maximum Gasteiger partial charge on any atom is 0.410 e. The van der Waals surface area contributed by atoms with Crippen LogP contribution in [0.2, 0.25) is 0 Å². The van der Waals surface area contributed by atoms with E-state index in [9.17, 15) is 9.59 Å². The summed E-state index contributed by atoms with van der Waals surface area (Å²) in [7, 11) is 0. The van der Waals surface area contributed by atoms with Gasteiger partial charge in [-0.2, -0.15) is 0 Å². The molecule has 2 aliphatic heterocycles. The number of amides is 2. The molecule has 6 heteroatoms. The quantitative estimate of drug-likeness (QED) is 0.796. The first-order valence-corrected chi connectivity index (χ1v) is 9.02. The van der Waals surface area contributed by atoms with Crippen molar-refractivity contribution in [2.75, 3.05) is 19.7 Å². The second-order valence-corrected chi connectivity index (χ2v) is 6.93. The minimum Gasteiger partial charge on any atom is -0.447 e. The van der Waals surface area contributed by atoms with Crippen LogP contribution in [0.1, 0.15) is 31.1 Å². The van der Waals surface area contributed by atoms with Crippen molar-refractivity contribution in [3.05, 3.63) is 28.5 Å². The van der Waals surface area contributed by atoms with E-state index in [4.69, 9.17) is 4.74 Å². The molecular formula is C17H22N2O3S. The van der Waals surface area contributed by atoms with E-state index in [1.165, 1.54) is 0 Å². The predicted octanol–water partition coefficient (Wildman–Crippen LogP) is 2.98. The van der Waals surface area contributed by atoms with Crippen LogP contribution in [0.25, 0.3) is 6.08 Å². The summed E-state index contributed by atoms with van der Waals surface area (Å²) >= 11 is 1.62. The van der Waals surface area contributed by atoms with Gasteiger partial charge in [0.1, 0.15) is 6.61 Å². The van der Waals surface area contributed by atoms with Gasteiger partial charge in [0.2, 0.25) is 5.91 Å². The minimum atomic E-state index is -0.195. The molecule has 23 heavy (non-hydrogen) atoms. The Morgan fingerprint density at radius 2 is 2.22 bits per heavy atom. The van der Waals surface area contributed by atoms with Gasteiger partial charge in [-0.3, -0.25) is 9.69 Å². The largest absolute Gasteiger partial charge is 0.447 e. The molecule has 0 spiro atoms. The summed E-state index contributed by atoms with van der Waals surface area (Å²) in [6.07, 6.45) is 5.87. The fourth-order valence-corrected chi connectivity index (χ4v) is 3.86. The van der Waals surface area contributed by atoms with Gasteiger partial charge in [0.25, 0.3) is 0 Å². The van der Waals surface area contributed by atoms with Crippen molar-refractivity contribution in [2.24, 2.45) is 0 Å². The highest BCUT2D eigenvalue weighted by Crippen LogP contribution is 2.25. The number of hydrogen-bond acceptors (Lipinski definition) is 4. The Kier molecular flexibility index (Phi) is 5.00. The molecule has 2 fully saturated rings. The molecule has 124 valence electrons. The van der Waals surface area contributed by atoms with E-state index >= 15 is 0 Å². The first kappa shape index (κ1) is 16.1. The minimum absolute atomic E-state index is 0.0490. The van der Waals surface area contributed by atoms with Gasteiger partial charge in [-0.05, 0) is 36.8 Å². The number of thiophene rings is 1. The molecule has 5 nitrogen and oxygen atoms in total. The standard InChI is InChI=1S/C17H22N2O3S/c1-2-13-12-22-17(21)19(13)14-7-9-18(10-8-14)16(20)6-5-15-4-3-11-23-15/h3-6,11,13-14H,2,7-10,12H2,1H3. The normalized spacial score (nSPS) is 22.8. The van der Waals surface area contributed by atoms with Crippen LogP contribution in [0.4, 0.5) is 4.79 Å². The zero-order valence-corrected chi connectivity index (χ0v) is 14.1. The average Bonchev–Trinajstić information content (AvgIpc) is 3.22. The number of carbonyl (C=O) groups excluding carboxylic acids is 2. The number of nitrogens with zero attached hydrogens (tertiary/aromatic N) is 2. The molecule has 3 heterocycles. The summed E-state index contributed by atoms with van der Waals surface area (Å²) < 4.78 is 5.17. The summed E-state index contributed by atoms with van der Waals surface area (Å²) in [6.45, 7) is 3.96. The van der Waals surface area contributed by atoms with Crippen molar-refractivity contribution in [1.82, 2.24) is 9.80 Å². The maximum absolute atomic E-state index is 12.2. The molecule has 1 aromatic heterocycles. The highest BCUT2D eigenvalue weighted by Gasteiger charge is 2.38. The molecule has 3 rings (SSSR count). The first-order valence-electron chi connectivity index (χ1n) is 8.14. The zero-order chi connectivity index (χ0) is 16.2. The number of piperidine rings is 1. The number of cyclic esters (lactones) is 1. The van der Waals surface area contributed by atoms with Crippen LogP contribution in [0.15, 0.2) is 23.6 Å². The topological polar surface area (TPSA) is 49.9 Å². The van der Waals surface area contributed by atoms with Crippen LogP contribution in [0, 0.1) is 0 Å². The van der Waals surface area contributed by atoms with Gasteiger partial charge in [0, 0.05) is 30.1 Å². The van der Waals surface area contributed by atoms with Crippen molar-refractivity contribution in [3.8, 4) is 0 Å². The molecule has 0 N–H and O–H groups in total. The van der Waals surface area contributed by atoms with E-state index < -0.39 is 0 Å². The Labute approximate surface area is 140 Å².